The van der Waals surface area contributed by atoms with Crippen LogP contribution in [0.15, 0.2) is 24.3 Å². The molecule has 2 unspecified atom stereocenters. The molecule has 1 aromatic carbocycles. The van der Waals surface area contributed by atoms with Gasteiger partial charge in [0.25, 0.3) is 0 Å². The molecular formula is C14H20FNO. The van der Waals surface area contributed by atoms with E-state index in [1.807, 2.05) is 12.1 Å². The van der Waals surface area contributed by atoms with E-state index in [4.69, 9.17) is 4.74 Å². The lowest BCUT2D eigenvalue weighted by atomic mass is 10.1. The van der Waals surface area contributed by atoms with E-state index in [2.05, 4.69) is 12.2 Å². The van der Waals surface area contributed by atoms with Gasteiger partial charge < -0.3 is 10.1 Å². The maximum atomic E-state index is 13.4. The minimum atomic E-state index is -0.113. The molecule has 2 nitrogen and oxygen atoms in total. The lowest BCUT2D eigenvalue weighted by Crippen LogP contribution is -2.34. The predicted octanol–water partition coefficient (Wildman–Crippen LogP) is 2.53. The summed E-state index contributed by atoms with van der Waals surface area (Å²) in [5.74, 6) is -0.113. The highest BCUT2D eigenvalue weighted by Crippen LogP contribution is 2.12. The van der Waals surface area contributed by atoms with Crippen molar-refractivity contribution in [3.05, 3.63) is 35.6 Å². The van der Waals surface area contributed by atoms with E-state index in [0.717, 1.165) is 38.0 Å². The van der Waals surface area contributed by atoms with Crippen LogP contribution in [0.3, 0.4) is 0 Å². The van der Waals surface area contributed by atoms with Gasteiger partial charge in [-0.1, -0.05) is 18.2 Å². The summed E-state index contributed by atoms with van der Waals surface area (Å²) in [4.78, 5) is 0. The third-order valence-corrected chi connectivity index (χ3v) is 3.20. The van der Waals surface area contributed by atoms with Gasteiger partial charge >= 0.3 is 0 Å². The molecule has 1 saturated heterocycles. The third-order valence-electron chi connectivity index (χ3n) is 3.20. The molecule has 3 heteroatoms. The van der Waals surface area contributed by atoms with Crippen molar-refractivity contribution in [2.45, 2.75) is 38.3 Å². The summed E-state index contributed by atoms with van der Waals surface area (Å²) >= 11 is 0. The Balaban J connectivity index is 1.76. The maximum absolute atomic E-state index is 13.4. The van der Waals surface area contributed by atoms with Crippen LogP contribution in [-0.2, 0) is 11.2 Å². The summed E-state index contributed by atoms with van der Waals surface area (Å²) < 4.78 is 19.0. The zero-order chi connectivity index (χ0) is 12.1. The average molecular weight is 237 g/mol. The molecule has 1 heterocycles. The normalized spacial score (nSPS) is 21.6. The zero-order valence-electron chi connectivity index (χ0n) is 10.3. The summed E-state index contributed by atoms with van der Waals surface area (Å²) in [6.45, 7) is 3.84. The Morgan fingerprint density at radius 1 is 1.47 bits per heavy atom. The smallest absolute Gasteiger partial charge is 0.126 e. The maximum Gasteiger partial charge on any atom is 0.126 e. The first kappa shape index (κ1) is 12.5. The van der Waals surface area contributed by atoms with Gasteiger partial charge in [0.1, 0.15) is 5.82 Å². The highest BCUT2D eigenvalue weighted by atomic mass is 19.1. The van der Waals surface area contributed by atoms with Crippen LogP contribution in [0.5, 0.6) is 0 Å². The van der Waals surface area contributed by atoms with Gasteiger partial charge in [0, 0.05) is 19.2 Å². The third kappa shape index (κ3) is 3.79. The van der Waals surface area contributed by atoms with Crippen LogP contribution < -0.4 is 5.32 Å². The van der Waals surface area contributed by atoms with E-state index in [-0.39, 0.29) is 11.9 Å². The van der Waals surface area contributed by atoms with Gasteiger partial charge in [-0.2, -0.15) is 0 Å². The Bertz CT molecular complexity index is 350. The second kappa shape index (κ2) is 6.12. The molecule has 1 aliphatic heterocycles. The zero-order valence-corrected chi connectivity index (χ0v) is 10.3. The van der Waals surface area contributed by atoms with E-state index in [9.17, 15) is 4.39 Å². The molecule has 1 fully saturated rings. The number of nitrogens with one attached hydrogen (secondary N) is 1. The van der Waals surface area contributed by atoms with E-state index < -0.39 is 0 Å². The topological polar surface area (TPSA) is 21.3 Å². The second-order valence-electron chi connectivity index (χ2n) is 4.74. The fourth-order valence-electron chi connectivity index (χ4n) is 2.20. The second-order valence-corrected chi connectivity index (χ2v) is 4.74. The van der Waals surface area contributed by atoms with Crippen LogP contribution in [-0.4, -0.2) is 25.3 Å². The molecule has 0 aliphatic carbocycles. The summed E-state index contributed by atoms with van der Waals surface area (Å²) in [7, 11) is 0. The molecule has 0 aromatic heterocycles. The van der Waals surface area contributed by atoms with Crippen LogP contribution >= 0.6 is 0 Å². The monoisotopic (exact) mass is 237 g/mol. The Hall–Kier alpha value is -0.930. The highest BCUT2D eigenvalue weighted by Gasteiger charge is 2.16. The molecule has 1 aromatic rings. The number of benzene rings is 1. The number of hydrogen-bond acceptors (Lipinski definition) is 2. The van der Waals surface area contributed by atoms with E-state index in [0.29, 0.717) is 6.10 Å². The molecule has 1 aliphatic rings. The van der Waals surface area contributed by atoms with E-state index in [1.54, 1.807) is 6.07 Å². The lowest BCUT2D eigenvalue weighted by Gasteiger charge is -2.17. The number of rotatable bonds is 5. The molecule has 0 bridgehead atoms. The minimum absolute atomic E-state index is 0.113. The van der Waals surface area contributed by atoms with Crippen molar-refractivity contribution in [3.8, 4) is 0 Å². The van der Waals surface area contributed by atoms with Gasteiger partial charge in [0.15, 0.2) is 0 Å². The predicted molar refractivity (Wildman–Crippen MR) is 66.5 cm³/mol. The van der Waals surface area contributed by atoms with Gasteiger partial charge in [-0.05, 0) is 37.8 Å². The fraction of sp³-hybridized carbons (Fsp3) is 0.571. The molecule has 0 saturated carbocycles. The van der Waals surface area contributed by atoms with Crippen molar-refractivity contribution in [1.29, 1.82) is 0 Å². The molecule has 17 heavy (non-hydrogen) atoms. The molecule has 1 N–H and O–H groups in total. The molecular weight excluding hydrogens is 217 g/mol. The van der Waals surface area contributed by atoms with Crippen LogP contribution in [0.4, 0.5) is 4.39 Å². The molecule has 0 amide bonds. The van der Waals surface area contributed by atoms with Crippen LogP contribution in [0.2, 0.25) is 0 Å². The van der Waals surface area contributed by atoms with Crippen molar-refractivity contribution < 1.29 is 9.13 Å². The quantitative estimate of drug-likeness (QED) is 0.849. The van der Waals surface area contributed by atoms with Crippen molar-refractivity contribution >= 4 is 0 Å². The van der Waals surface area contributed by atoms with E-state index in [1.165, 1.54) is 6.07 Å². The summed E-state index contributed by atoms with van der Waals surface area (Å²) in [6, 6.07) is 7.24. The first-order valence-corrected chi connectivity index (χ1v) is 6.34. The summed E-state index contributed by atoms with van der Waals surface area (Å²) in [5.41, 5.74) is 0.778. The first-order chi connectivity index (χ1) is 8.25. The molecule has 94 valence electrons. The van der Waals surface area contributed by atoms with Crippen molar-refractivity contribution in [2.75, 3.05) is 13.2 Å². The molecule has 0 spiro atoms. The Labute approximate surface area is 102 Å². The Morgan fingerprint density at radius 2 is 2.29 bits per heavy atom. The van der Waals surface area contributed by atoms with Crippen molar-refractivity contribution in [1.82, 2.24) is 5.32 Å². The first-order valence-electron chi connectivity index (χ1n) is 6.34. The SMILES string of the molecule is CC(Cc1ccccc1F)NCC1CCCO1. The fourth-order valence-corrected chi connectivity index (χ4v) is 2.20. The van der Waals surface area contributed by atoms with Gasteiger partial charge in [0.05, 0.1) is 6.10 Å². The summed E-state index contributed by atoms with van der Waals surface area (Å²) in [5, 5.41) is 3.41. The number of ether oxygens (including phenoxy) is 1. The van der Waals surface area contributed by atoms with Gasteiger partial charge in [-0.3, -0.25) is 0 Å². The van der Waals surface area contributed by atoms with Crippen LogP contribution in [0.25, 0.3) is 0 Å². The standard InChI is InChI=1S/C14H20FNO/c1-11(16-10-13-6-4-8-17-13)9-12-5-2-3-7-14(12)15/h2-3,5,7,11,13,16H,4,6,8-10H2,1H3. The average Bonchev–Trinajstić information content (AvgIpc) is 2.82. The van der Waals surface area contributed by atoms with Gasteiger partial charge in [-0.15, -0.1) is 0 Å². The lowest BCUT2D eigenvalue weighted by molar-refractivity contribution is 0.108. The highest BCUT2D eigenvalue weighted by molar-refractivity contribution is 5.18. The Kier molecular flexibility index (Phi) is 4.51. The Morgan fingerprint density at radius 3 is 3.00 bits per heavy atom. The van der Waals surface area contributed by atoms with Crippen molar-refractivity contribution in [3.63, 3.8) is 0 Å². The summed E-state index contributed by atoms with van der Waals surface area (Å²) in [6.07, 6.45) is 3.37. The van der Waals surface area contributed by atoms with Crippen LogP contribution in [0, 0.1) is 5.82 Å². The number of hydrogen-bond donors (Lipinski definition) is 1. The van der Waals surface area contributed by atoms with Crippen LogP contribution in [0.1, 0.15) is 25.3 Å². The van der Waals surface area contributed by atoms with E-state index >= 15 is 0 Å². The van der Waals surface area contributed by atoms with Crippen molar-refractivity contribution in [2.24, 2.45) is 0 Å². The van der Waals surface area contributed by atoms with Gasteiger partial charge in [0.2, 0.25) is 0 Å². The number of halogens is 1. The molecule has 2 atom stereocenters. The largest absolute Gasteiger partial charge is 0.377 e. The molecule has 0 radical (unpaired) electrons. The van der Waals surface area contributed by atoms with Gasteiger partial charge in [-0.25, -0.2) is 4.39 Å². The minimum Gasteiger partial charge on any atom is -0.377 e. The molecule has 2 rings (SSSR count).